The lowest BCUT2D eigenvalue weighted by molar-refractivity contribution is -0.115. The molecule has 0 atom stereocenters. The number of carbonyl (C=O) groups excluding carboxylic acids is 2. The van der Waals surface area contributed by atoms with Crippen LogP contribution in [-0.4, -0.2) is 16.9 Å². The minimum atomic E-state index is -0.327. The standard InChI is InChI=1S/C12H7Cl2NO2S2/c13-7-3-6-5(10-11(16)15-12(17)19-10)1-2-18-9(6)4-8(7)14/h3-4H,1-2H2,(H,15,16,17). The highest BCUT2D eigenvalue weighted by Crippen LogP contribution is 2.44. The monoisotopic (exact) mass is 331 g/mol. The van der Waals surface area contributed by atoms with Gasteiger partial charge in [-0.25, -0.2) is 0 Å². The summed E-state index contributed by atoms with van der Waals surface area (Å²) in [7, 11) is 0. The molecule has 3 nitrogen and oxygen atoms in total. The number of halogens is 2. The Hall–Kier alpha value is -0.620. The molecule has 3 rings (SSSR count). The summed E-state index contributed by atoms with van der Waals surface area (Å²) in [6, 6.07) is 3.58. The van der Waals surface area contributed by atoms with Gasteiger partial charge in [0.05, 0.1) is 15.0 Å². The first-order chi connectivity index (χ1) is 9.06. The molecule has 2 amide bonds. The smallest absolute Gasteiger partial charge is 0.282 e. The Bertz CT molecular complexity index is 643. The van der Waals surface area contributed by atoms with Crippen molar-refractivity contribution in [2.45, 2.75) is 11.3 Å². The van der Waals surface area contributed by atoms with E-state index in [2.05, 4.69) is 5.32 Å². The predicted octanol–water partition coefficient (Wildman–Crippen LogP) is 4.18. The SMILES string of the molecule is O=C1NC(=O)C(=C2CCSc3cc(Cl)c(Cl)cc32)S1. The molecule has 0 aromatic heterocycles. The minimum Gasteiger partial charge on any atom is -0.282 e. The number of carbonyl (C=O) groups is 2. The average Bonchev–Trinajstić information content (AvgIpc) is 2.69. The molecule has 2 heterocycles. The van der Waals surface area contributed by atoms with Crippen LogP contribution in [0.4, 0.5) is 4.79 Å². The van der Waals surface area contributed by atoms with Crippen LogP contribution >= 0.6 is 46.7 Å². The van der Waals surface area contributed by atoms with E-state index in [4.69, 9.17) is 23.2 Å². The van der Waals surface area contributed by atoms with Crippen molar-refractivity contribution in [1.29, 1.82) is 0 Å². The van der Waals surface area contributed by atoms with Crippen LogP contribution in [0.15, 0.2) is 21.9 Å². The number of benzene rings is 1. The summed E-state index contributed by atoms with van der Waals surface area (Å²) in [5.41, 5.74) is 1.78. The molecule has 2 aliphatic rings. The first-order valence-electron chi connectivity index (χ1n) is 5.45. The fourth-order valence-electron chi connectivity index (χ4n) is 2.03. The largest absolute Gasteiger partial charge is 0.290 e. The van der Waals surface area contributed by atoms with Crippen molar-refractivity contribution in [3.8, 4) is 0 Å². The zero-order valence-corrected chi connectivity index (χ0v) is 12.6. The second-order valence-corrected chi connectivity index (χ2v) is 6.95. The van der Waals surface area contributed by atoms with Crippen molar-refractivity contribution in [1.82, 2.24) is 5.32 Å². The van der Waals surface area contributed by atoms with Gasteiger partial charge in [-0.2, -0.15) is 0 Å². The summed E-state index contributed by atoms with van der Waals surface area (Å²) in [5, 5.41) is 2.91. The zero-order chi connectivity index (χ0) is 13.6. The van der Waals surface area contributed by atoms with Crippen molar-refractivity contribution in [3.63, 3.8) is 0 Å². The number of allylic oxidation sites excluding steroid dienone is 1. The van der Waals surface area contributed by atoms with Crippen LogP contribution in [0.1, 0.15) is 12.0 Å². The first kappa shape index (κ1) is 13.4. The predicted molar refractivity (Wildman–Crippen MR) is 79.9 cm³/mol. The third-order valence-corrected chi connectivity index (χ3v) is 5.55. The van der Waals surface area contributed by atoms with Crippen LogP contribution in [0, 0.1) is 0 Å². The third kappa shape index (κ3) is 2.40. The molecule has 1 aromatic carbocycles. The maximum atomic E-state index is 11.8. The van der Waals surface area contributed by atoms with Crippen LogP contribution in [-0.2, 0) is 4.79 Å². The maximum Gasteiger partial charge on any atom is 0.290 e. The molecule has 2 aliphatic heterocycles. The van der Waals surface area contributed by atoms with Crippen LogP contribution in [0.5, 0.6) is 0 Å². The van der Waals surface area contributed by atoms with Gasteiger partial charge in [0, 0.05) is 10.6 Å². The molecule has 1 N–H and O–H groups in total. The van der Waals surface area contributed by atoms with E-state index >= 15 is 0 Å². The molecule has 0 spiro atoms. The van der Waals surface area contributed by atoms with Gasteiger partial charge in [-0.3, -0.25) is 14.9 Å². The van der Waals surface area contributed by atoms with Gasteiger partial charge >= 0.3 is 0 Å². The number of thioether (sulfide) groups is 2. The highest BCUT2D eigenvalue weighted by atomic mass is 35.5. The normalized spacial score (nSPS) is 22.4. The van der Waals surface area contributed by atoms with E-state index < -0.39 is 0 Å². The van der Waals surface area contributed by atoms with E-state index in [1.54, 1.807) is 17.8 Å². The highest BCUT2D eigenvalue weighted by Gasteiger charge is 2.31. The minimum absolute atomic E-state index is 0.325. The van der Waals surface area contributed by atoms with E-state index in [-0.39, 0.29) is 11.1 Å². The Balaban J connectivity index is 2.18. The third-order valence-electron chi connectivity index (χ3n) is 2.85. The van der Waals surface area contributed by atoms with E-state index in [0.29, 0.717) is 15.0 Å². The Morgan fingerprint density at radius 1 is 1.16 bits per heavy atom. The van der Waals surface area contributed by atoms with Gasteiger partial charge in [-0.05, 0) is 41.5 Å². The molecule has 0 unspecified atom stereocenters. The molecule has 0 radical (unpaired) electrons. The van der Waals surface area contributed by atoms with Crippen LogP contribution in [0.3, 0.4) is 0 Å². The molecule has 1 aromatic rings. The Labute approximate surface area is 128 Å². The van der Waals surface area contributed by atoms with Gasteiger partial charge in [0.2, 0.25) is 0 Å². The van der Waals surface area contributed by atoms with Crippen molar-refractivity contribution in [2.24, 2.45) is 0 Å². The van der Waals surface area contributed by atoms with Gasteiger partial charge in [0.15, 0.2) is 0 Å². The summed E-state index contributed by atoms with van der Waals surface area (Å²) >= 11 is 14.7. The number of nitrogens with one attached hydrogen (secondary N) is 1. The summed E-state index contributed by atoms with van der Waals surface area (Å²) in [6.07, 6.45) is 0.735. The molecule has 0 aliphatic carbocycles. The molecular formula is C12H7Cl2NO2S2. The van der Waals surface area contributed by atoms with Gasteiger partial charge in [0.1, 0.15) is 0 Å². The fraction of sp³-hybridized carbons (Fsp3) is 0.167. The Morgan fingerprint density at radius 3 is 2.58 bits per heavy atom. The van der Waals surface area contributed by atoms with Gasteiger partial charge < -0.3 is 0 Å². The Kier molecular flexibility index (Phi) is 3.55. The van der Waals surface area contributed by atoms with E-state index in [0.717, 1.165) is 40.0 Å². The van der Waals surface area contributed by atoms with Crippen LogP contribution < -0.4 is 5.32 Å². The number of imide groups is 1. The number of fused-ring (bicyclic) bond motifs is 1. The summed E-state index contributed by atoms with van der Waals surface area (Å²) < 4.78 is 0. The zero-order valence-electron chi connectivity index (χ0n) is 9.46. The lowest BCUT2D eigenvalue weighted by atomic mass is 10.0. The summed E-state index contributed by atoms with van der Waals surface area (Å²) in [6.45, 7) is 0. The fourth-order valence-corrected chi connectivity index (χ4v) is 4.30. The van der Waals surface area contributed by atoms with Crippen LogP contribution in [0.2, 0.25) is 10.0 Å². The van der Waals surface area contributed by atoms with Crippen molar-refractivity contribution in [3.05, 3.63) is 32.6 Å². The van der Waals surface area contributed by atoms with Crippen molar-refractivity contribution in [2.75, 3.05) is 5.75 Å². The second kappa shape index (κ2) is 5.05. The average molecular weight is 332 g/mol. The highest BCUT2D eigenvalue weighted by molar-refractivity contribution is 8.18. The van der Waals surface area contributed by atoms with E-state index in [9.17, 15) is 9.59 Å². The molecule has 1 fully saturated rings. The van der Waals surface area contributed by atoms with Crippen molar-refractivity contribution >= 4 is 63.4 Å². The molecule has 7 heteroatoms. The maximum absolute atomic E-state index is 11.8. The van der Waals surface area contributed by atoms with Crippen LogP contribution in [0.25, 0.3) is 5.57 Å². The molecule has 0 bridgehead atoms. The summed E-state index contributed by atoms with van der Waals surface area (Å²) in [5.74, 6) is 0.528. The lowest BCUT2D eigenvalue weighted by Gasteiger charge is -2.20. The first-order valence-corrected chi connectivity index (χ1v) is 8.00. The molecule has 19 heavy (non-hydrogen) atoms. The van der Waals surface area contributed by atoms with Crippen molar-refractivity contribution < 1.29 is 9.59 Å². The van der Waals surface area contributed by atoms with E-state index in [1.165, 1.54) is 0 Å². The number of hydrogen-bond acceptors (Lipinski definition) is 4. The molecular weight excluding hydrogens is 325 g/mol. The van der Waals surface area contributed by atoms with Gasteiger partial charge in [-0.15, -0.1) is 11.8 Å². The summed E-state index contributed by atoms with van der Waals surface area (Å²) in [4.78, 5) is 24.5. The van der Waals surface area contributed by atoms with Gasteiger partial charge in [0.25, 0.3) is 11.1 Å². The number of hydrogen-bond donors (Lipinski definition) is 1. The number of amides is 2. The van der Waals surface area contributed by atoms with E-state index in [1.807, 2.05) is 6.07 Å². The molecule has 0 saturated carbocycles. The topological polar surface area (TPSA) is 46.2 Å². The second-order valence-electron chi connectivity index (χ2n) is 4.01. The molecule has 98 valence electrons. The molecule has 1 saturated heterocycles. The lowest BCUT2D eigenvalue weighted by Crippen LogP contribution is -2.18. The quantitative estimate of drug-likeness (QED) is 0.724. The van der Waals surface area contributed by atoms with Gasteiger partial charge in [-0.1, -0.05) is 23.2 Å². The Morgan fingerprint density at radius 2 is 1.89 bits per heavy atom. The number of rotatable bonds is 0.